The number of hydrogen-bond acceptors (Lipinski definition) is 5. The molecule has 0 fully saturated rings. The highest BCUT2D eigenvalue weighted by molar-refractivity contribution is 7.92. The van der Waals surface area contributed by atoms with Crippen LogP contribution in [0.5, 0.6) is 5.75 Å². The van der Waals surface area contributed by atoms with Gasteiger partial charge in [-0.1, -0.05) is 55.3 Å². The summed E-state index contributed by atoms with van der Waals surface area (Å²) in [6.07, 6.45) is -4.05. The SMILES string of the molecule is CCCNC(=O)C(CC)N(Cc1cccc(OC)c1)C(=O)CN(c1ccc(Cl)c(C(F)(F)F)c1)S(=O)(=O)c1ccc(C)cc1. The third kappa shape index (κ3) is 8.44. The maximum atomic E-state index is 14.1. The molecule has 0 saturated heterocycles. The van der Waals surface area contributed by atoms with Gasteiger partial charge in [0.15, 0.2) is 0 Å². The van der Waals surface area contributed by atoms with Crippen molar-refractivity contribution < 1.29 is 35.9 Å². The molecule has 0 spiro atoms. The third-order valence-electron chi connectivity index (χ3n) is 6.85. The van der Waals surface area contributed by atoms with Crippen LogP contribution in [0, 0.1) is 6.92 Å². The van der Waals surface area contributed by atoms with E-state index in [4.69, 9.17) is 16.3 Å². The smallest absolute Gasteiger partial charge is 0.417 e. The number of nitrogens with zero attached hydrogens (tertiary/aromatic N) is 2. The van der Waals surface area contributed by atoms with Crippen LogP contribution in [0.4, 0.5) is 18.9 Å². The summed E-state index contributed by atoms with van der Waals surface area (Å²) in [6.45, 7) is 4.69. The van der Waals surface area contributed by atoms with E-state index in [0.717, 1.165) is 17.7 Å². The maximum Gasteiger partial charge on any atom is 0.417 e. The van der Waals surface area contributed by atoms with Crippen LogP contribution in [0.25, 0.3) is 0 Å². The van der Waals surface area contributed by atoms with Gasteiger partial charge >= 0.3 is 6.18 Å². The molecule has 3 rings (SSSR count). The molecule has 0 aliphatic rings. The number of halogens is 4. The topological polar surface area (TPSA) is 96.0 Å². The Morgan fingerprint density at radius 2 is 1.70 bits per heavy atom. The number of amides is 2. The van der Waals surface area contributed by atoms with E-state index in [-0.39, 0.29) is 17.9 Å². The monoisotopic (exact) mass is 653 g/mol. The Kier molecular flexibility index (Phi) is 11.7. The molecular formula is C31H35ClF3N3O5S. The molecule has 3 aromatic carbocycles. The number of benzene rings is 3. The molecule has 1 unspecified atom stereocenters. The van der Waals surface area contributed by atoms with Gasteiger partial charge in [-0.2, -0.15) is 13.2 Å². The van der Waals surface area contributed by atoms with E-state index < -0.39 is 56.9 Å². The highest BCUT2D eigenvalue weighted by atomic mass is 35.5. The van der Waals surface area contributed by atoms with Crippen molar-refractivity contribution in [3.8, 4) is 5.75 Å². The molecule has 8 nitrogen and oxygen atoms in total. The van der Waals surface area contributed by atoms with E-state index in [2.05, 4.69) is 5.32 Å². The molecule has 0 bridgehead atoms. The minimum atomic E-state index is -4.89. The summed E-state index contributed by atoms with van der Waals surface area (Å²) in [4.78, 5) is 28.3. The van der Waals surface area contributed by atoms with E-state index in [1.54, 1.807) is 38.1 Å². The molecule has 44 heavy (non-hydrogen) atoms. The molecule has 0 aliphatic carbocycles. The Balaban J connectivity index is 2.15. The average molecular weight is 654 g/mol. The van der Waals surface area contributed by atoms with Crippen molar-refractivity contribution in [2.45, 2.75) is 57.3 Å². The minimum Gasteiger partial charge on any atom is -0.497 e. The van der Waals surface area contributed by atoms with E-state index in [0.29, 0.717) is 34.7 Å². The summed E-state index contributed by atoms with van der Waals surface area (Å²) in [5, 5.41) is 2.15. The molecule has 0 saturated carbocycles. The van der Waals surface area contributed by atoms with Gasteiger partial charge in [0.1, 0.15) is 18.3 Å². The molecule has 0 radical (unpaired) electrons. The van der Waals surface area contributed by atoms with Gasteiger partial charge in [0.2, 0.25) is 11.8 Å². The lowest BCUT2D eigenvalue weighted by molar-refractivity contribution is -0.140. The summed E-state index contributed by atoms with van der Waals surface area (Å²) in [5.74, 6) is -0.738. The fraction of sp³-hybridized carbons (Fsp3) is 0.355. The van der Waals surface area contributed by atoms with Crippen molar-refractivity contribution in [2.24, 2.45) is 0 Å². The normalized spacial score (nSPS) is 12.4. The second-order valence-electron chi connectivity index (χ2n) is 10.1. The van der Waals surface area contributed by atoms with Gasteiger partial charge in [0.05, 0.1) is 28.3 Å². The molecule has 0 heterocycles. The van der Waals surface area contributed by atoms with Crippen LogP contribution in [0.3, 0.4) is 0 Å². The van der Waals surface area contributed by atoms with E-state index in [9.17, 15) is 31.2 Å². The number of sulfonamides is 1. The van der Waals surface area contributed by atoms with Gasteiger partial charge in [-0.25, -0.2) is 8.42 Å². The van der Waals surface area contributed by atoms with Crippen LogP contribution >= 0.6 is 11.6 Å². The number of anilines is 1. The Morgan fingerprint density at radius 3 is 2.30 bits per heavy atom. The van der Waals surface area contributed by atoms with Crippen LogP contribution in [0.15, 0.2) is 71.6 Å². The Hall–Kier alpha value is -3.77. The van der Waals surface area contributed by atoms with Crippen LogP contribution in [-0.4, -0.2) is 51.4 Å². The largest absolute Gasteiger partial charge is 0.497 e. The van der Waals surface area contributed by atoms with Gasteiger partial charge < -0.3 is 15.0 Å². The number of carbonyl (C=O) groups excluding carboxylic acids is 2. The van der Waals surface area contributed by atoms with Crippen LogP contribution in [0.2, 0.25) is 5.02 Å². The molecule has 3 aromatic rings. The van der Waals surface area contributed by atoms with Crippen molar-refractivity contribution in [1.29, 1.82) is 0 Å². The maximum absolute atomic E-state index is 14.1. The van der Waals surface area contributed by atoms with Gasteiger partial charge in [0, 0.05) is 13.1 Å². The highest BCUT2D eigenvalue weighted by Crippen LogP contribution is 2.38. The predicted octanol–water partition coefficient (Wildman–Crippen LogP) is 6.20. The first kappa shape index (κ1) is 34.7. The van der Waals surface area contributed by atoms with Crippen molar-refractivity contribution in [1.82, 2.24) is 10.2 Å². The van der Waals surface area contributed by atoms with E-state index >= 15 is 0 Å². The molecule has 0 aliphatic heterocycles. The quantitative estimate of drug-likeness (QED) is 0.237. The predicted molar refractivity (Wildman–Crippen MR) is 163 cm³/mol. The van der Waals surface area contributed by atoms with Crippen LogP contribution < -0.4 is 14.4 Å². The molecule has 238 valence electrons. The number of ether oxygens (including phenoxy) is 1. The first-order valence-corrected chi connectivity index (χ1v) is 15.7. The molecule has 2 amide bonds. The van der Waals surface area contributed by atoms with Crippen molar-refractivity contribution in [3.05, 3.63) is 88.4 Å². The second-order valence-corrected chi connectivity index (χ2v) is 12.3. The molecule has 1 atom stereocenters. The highest BCUT2D eigenvalue weighted by Gasteiger charge is 2.37. The average Bonchev–Trinajstić information content (AvgIpc) is 2.98. The number of aryl methyl sites for hydroxylation is 1. The zero-order chi connectivity index (χ0) is 32.7. The lowest BCUT2D eigenvalue weighted by Crippen LogP contribution is -2.52. The zero-order valence-electron chi connectivity index (χ0n) is 24.8. The van der Waals surface area contributed by atoms with Crippen molar-refractivity contribution >= 4 is 39.1 Å². The lowest BCUT2D eigenvalue weighted by atomic mass is 10.1. The Labute approximate surface area is 260 Å². The Bertz CT molecular complexity index is 1570. The number of methoxy groups -OCH3 is 1. The summed E-state index contributed by atoms with van der Waals surface area (Å²) in [7, 11) is -3.09. The van der Waals surface area contributed by atoms with Crippen LogP contribution in [0.1, 0.15) is 43.4 Å². The number of nitrogens with one attached hydrogen (secondary N) is 1. The number of alkyl halides is 3. The zero-order valence-corrected chi connectivity index (χ0v) is 26.4. The molecule has 1 N–H and O–H groups in total. The summed E-state index contributed by atoms with van der Waals surface area (Å²) in [5.41, 5.74) is -0.323. The number of carbonyl (C=O) groups is 2. The molecular weight excluding hydrogens is 619 g/mol. The Morgan fingerprint density at radius 1 is 1.02 bits per heavy atom. The first-order chi connectivity index (χ1) is 20.7. The summed E-state index contributed by atoms with van der Waals surface area (Å²) < 4.78 is 75.2. The second kappa shape index (κ2) is 14.8. The van der Waals surface area contributed by atoms with Gasteiger partial charge in [-0.15, -0.1) is 0 Å². The third-order valence-corrected chi connectivity index (χ3v) is 8.97. The number of rotatable bonds is 13. The fourth-order valence-electron chi connectivity index (χ4n) is 4.50. The van der Waals surface area contributed by atoms with Gasteiger partial charge in [-0.3, -0.25) is 13.9 Å². The fourth-order valence-corrected chi connectivity index (χ4v) is 6.14. The van der Waals surface area contributed by atoms with Gasteiger partial charge in [0.25, 0.3) is 10.0 Å². The van der Waals surface area contributed by atoms with E-state index in [1.165, 1.54) is 36.3 Å². The lowest BCUT2D eigenvalue weighted by Gasteiger charge is -2.33. The van der Waals surface area contributed by atoms with Crippen molar-refractivity contribution in [3.63, 3.8) is 0 Å². The summed E-state index contributed by atoms with van der Waals surface area (Å²) in [6, 6.07) is 14.1. The molecule has 13 heteroatoms. The van der Waals surface area contributed by atoms with Gasteiger partial charge in [-0.05, 0) is 67.8 Å². The van der Waals surface area contributed by atoms with Crippen LogP contribution in [-0.2, 0) is 32.3 Å². The van der Waals surface area contributed by atoms with Crippen molar-refractivity contribution in [2.75, 3.05) is 24.5 Å². The minimum absolute atomic E-state index is 0.0963. The summed E-state index contributed by atoms with van der Waals surface area (Å²) >= 11 is 5.82. The molecule has 0 aromatic heterocycles. The standard InChI is InChI=1S/C31H35ClF3N3O5S/c1-5-16-36-30(40)28(6-2)37(19-22-8-7-9-24(17-22)43-4)29(39)20-38(44(41,42)25-13-10-21(3)11-14-25)23-12-15-27(32)26(18-23)31(33,34)35/h7-15,17-18,28H,5-6,16,19-20H2,1-4H3,(H,36,40). The van der Waals surface area contributed by atoms with E-state index in [1.807, 2.05) is 6.92 Å². The first-order valence-electron chi connectivity index (χ1n) is 13.9. The number of hydrogen-bond donors (Lipinski definition) is 1.